The third-order valence-electron chi connectivity index (χ3n) is 4.48. The molecular formula is C23H24. The van der Waals surface area contributed by atoms with E-state index in [-0.39, 0.29) is 0 Å². The summed E-state index contributed by atoms with van der Waals surface area (Å²) in [5.74, 6) is 0. The first-order valence-electron chi connectivity index (χ1n) is 8.43. The molecule has 0 saturated heterocycles. The summed E-state index contributed by atoms with van der Waals surface area (Å²) in [5, 5.41) is 0. The Morgan fingerprint density at radius 2 is 1.35 bits per heavy atom. The molecule has 0 amide bonds. The summed E-state index contributed by atoms with van der Waals surface area (Å²) in [5.41, 5.74) is 8.27. The summed E-state index contributed by atoms with van der Waals surface area (Å²) in [6.07, 6.45) is 3.51. The highest BCUT2D eigenvalue weighted by atomic mass is 14.1. The van der Waals surface area contributed by atoms with Crippen LogP contribution in [0.25, 0.3) is 11.1 Å². The highest BCUT2D eigenvalue weighted by Crippen LogP contribution is 2.20. The molecule has 3 aromatic carbocycles. The Labute approximate surface area is 139 Å². The lowest BCUT2D eigenvalue weighted by Crippen LogP contribution is -1.94. The van der Waals surface area contributed by atoms with Crippen molar-refractivity contribution in [1.82, 2.24) is 0 Å². The molecule has 0 aliphatic carbocycles. The van der Waals surface area contributed by atoms with Crippen molar-refractivity contribution >= 4 is 0 Å². The van der Waals surface area contributed by atoms with Gasteiger partial charge in [0, 0.05) is 0 Å². The van der Waals surface area contributed by atoms with Crippen LogP contribution < -0.4 is 0 Å². The summed E-state index contributed by atoms with van der Waals surface area (Å²) < 4.78 is 0. The topological polar surface area (TPSA) is 0 Å². The second-order valence-electron chi connectivity index (χ2n) is 6.35. The van der Waals surface area contributed by atoms with Crippen molar-refractivity contribution < 1.29 is 0 Å². The standard InChI is InChI=1S/C23H24/c1-18-11-12-19(2)23(17-18)10-6-7-20-13-15-22(16-14-20)21-8-4-3-5-9-21/h3-5,8-9,11-17H,6-7,10H2,1-2H3. The first-order valence-corrected chi connectivity index (χ1v) is 8.43. The van der Waals surface area contributed by atoms with E-state index in [2.05, 4.69) is 86.6 Å². The van der Waals surface area contributed by atoms with Gasteiger partial charge in [0.05, 0.1) is 0 Å². The second kappa shape index (κ2) is 7.28. The lowest BCUT2D eigenvalue weighted by atomic mass is 9.98. The fourth-order valence-electron chi connectivity index (χ4n) is 3.05. The van der Waals surface area contributed by atoms with E-state index in [4.69, 9.17) is 0 Å². The van der Waals surface area contributed by atoms with Gasteiger partial charge in [0.2, 0.25) is 0 Å². The van der Waals surface area contributed by atoms with Gasteiger partial charge in [0.25, 0.3) is 0 Å². The van der Waals surface area contributed by atoms with Gasteiger partial charge in [-0.15, -0.1) is 0 Å². The Bertz CT molecular complexity index is 752. The van der Waals surface area contributed by atoms with Crippen molar-refractivity contribution in [1.29, 1.82) is 0 Å². The second-order valence-corrected chi connectivity index (χ2v) is 6.35. The maximum Gasteiger partial charge on any atom is -0.0184 e. The van der Waals surface area contributed by atoms with Crippen LogP contribution in [0.2, 0.25) is 0 Å². The first-order chi connectivity index (χ1) is 11.2. The van der Waals surface area contributed by atoms with Gasteiger partial charge in [-0.25, -0.2) is 0 Å². The van der Waals surface area contributed by atoms with E-state index >= 15 is 0 Å². The normalized spacial score (nSPS) is 10.7. The van der Waals surface area contributed by atoms with Crippen LogP contribution in [0.3, 0.4) is 0 Å². The number of hydrogen-bond donors (Lipinski definition) is 0. The molecule has 0 aromatic heterocycles. The van der Waals surface area contributed by atoms with Crippen molar-refractivity contribution in [3.8, 4) is 11.1 Å². The fourth-order valence-corrected chi connectivity index (χ4v) is 3.05. The Morgan fingerprint density at radius 1 is 0.652 bits per heavy atom. The van der Waals surface area contributed by atoms with Crippen LogP contribution in [0.4, 0.5) is 0 Å². The van der Waals surface area contributed by atoms with Crippen LogP contribution in [-0.4, -0.2) is 0 Å². The molecule has 0 radical (unpaired) electrons. The molecule has 0 saturated carbocycles. The average molecular weight is 300 g/mol. The van der Waals surface area contributed by atoms with Gasteiger partial charge >= 0.3 is 0 Å². The van der Waals surface area contributed by atoms with E-state index < -0.39 is 0 Å². The molecule has 0 heterocycles. The van der Waals surface area contributed by atoms with Crippen molar-refractivity contribution in [3.05, 3.63) is 95.1 Å². The Hall–Kier alpha value is -2.34. The summed E-state index contributed by atoms with van der Waals surface area (Å²) in [4.78, 5) is 0. The molecule has 0 N–H and O–H groups in total. The summed E-state index contributed by atoms with van der Waals surface area (Å²) in [6.45, 7) is 4.38. The predicted octanol–water partition coefficient (Wildman–Crippen LogP) is 6.15. The number of aryl methyl sites for hydroxylation is 4. The van der Waals surface area contributed by atoms with E-state index in [9.17, 15) is 0 Å². The van der Waals surface area contributed by atoms with E-state index in [1.165, 1.54) is 39.8 Å². The molecular weight excluding hydrogens is 276 g/mol. The Balaban J connectivity index is 1.60. The molecule has 116 valence electrons. The first kappa shape index (κ1) is 15.6. The third-order valence-corrected chi connectivity index (χ3v) is 4.48. The van der Waals surface area contributed by atoms with Crippen LogP contribution in [0.1, 0.15) is 28.7 Å². The van der Waals surface area contributed by atoms with Gasteiger partial charge in [-0.05, 0) is 60.9 Å². The fraction of sp³-hybridized carbons (Fsp3) is 0.217. The molecule has 0 heteroatoms. The monoisotopic (exact) mass is 300 g/mol. The summed E-state index contributed by atoms with van der Waals surface area (Å²) >= 11 is 0. The molecule has 0 unspecified atom stereocenters. The Kier molecular flexibility index (Phi) is 4.92. The molecule has 0 aliphatic rings. The minimum atomic E-state index is 1.14. The predicted molar refractivity (Wildman–Crippen MR) is 99.8 cm³/mol. The smallest absolute Gasteiger partial charge is 0.0184 e. The molecule has 0 spiro atoms. The largest absolute Gasteiger partial charge is 0.0622 e. The van der Waals surface area contributed by atoms with Gasteiger partial charge in [0.15, 0.2) is 0 Å². The van der Waals surface area contributed by atoms with Crippen LogP contribution in [0.5, 0.6) is 0 Å². The van der Waals surface area contributed by atoms with Gasteiger partial charge in [-0.3, -0.25) is 0 Å². The number of benzene rings is 3. The lowest BCUT2D eigenvalue weighted by molar-refractivity contribution is 0.815. The van der Waals surface area contributed by atoms with Gasteiger partial charge in [-0.1, -0.05) is 78.4 Å². The Morgan fingerprint density at radius 3 is 2.09 bits per heavy atom. The van der Waals surface area contributed by atoms with E-state index in [0.29, 0.717) is 0 Å². The molecule has 23 heavy (non-hydrogen) atoms. The molecule has 0 fully saturated rings. The molecule has 0 nitrogen and oxygen atoms in total. The van der Waals surface area contributed by atoms with E-state index in [0.717, 1.165) is 12.8 Å². The maximum absolute atomic E-state index is 2.33. The highest BCUT2D eigenvalue weighted by Gasteiger charge is 2.01. The van der Waals surface area contributed by atoms with Crippen molar-refractivity contribution in [3.63, 3.8) is 0 Å². The average Bonchev–Trinajstić information content (AvgIpc) is 2.59. The molecule has 0 bridgehead atoms. The van der Waals surface area contributed by atoms with Crippen molar-refractivity contribution in [2.24, 2.45) is 0 Å². The molecule has 3 rings (SSSR count). The van der Waals surface area contributed by atoms with Gasteiger partial charge < -0.3 is 0 Å². The SMILES string of the molecule is Cc1ccc(C)c(CCCc2ccc(-c3ccccc3)cc2)c1. The molecule has 0 aliphatic heterocycles. The van der Waals surface area contributed by atoms with E-state index in [1.54, 1.807) is 0 Å². The van der Waals surface area contributed by atoms with Crippen LogP contribution in [0, 0.1) is 13.8 Å². The number of hydrogen-bond acceptors (Lipinski definition) is 0. The molecule has 3 aromatic rings. The number of rotatable bonds is 5. The summed E-state index contributed by atoms with van der Waals surface area (Å²) in [6, 6.07) is 26.3. The van der Waals surface area contributed by atoms with Gasteiger partial charge in [0.1, 0.15) is 0 Å². The zero-order chi connectivity index (χ0) is 16.1. The van der Waals surface area contributed by atoms with Crippen LogP contribution in [-0.2, 0) is 12.8 Å². The quantitative estimate of drug-likeness (QED) is 0.530. The summed E-state index contributed by atoms with van der Waals surface area (Å²) in [7, 11) is 0. The molecule has 0 atom stereocenters. The highest BCUT2D eigenvalue weighted by molar-refractivity contribution is 5.63. The van der Waals surface area contributed by atoms with Crippen LogP contribution in [0.15, 0.2) is 72.8 Å². The van der Waals surface area contributed by atoms with Crippen molar-refractivity contribution in [2.75, 3.05) is 0 Å². The van der Waals surface area contributed by atoms with Gasteiger partial charge in [-0.2, -0.15) is 0 Å². The zero-order valence-electron chi connectivity index (χ0n) is 14.0. The maximum atomic E-state index is 2.33. The zero-order valence-corrected chi connectivity index (χ0v) is 14.0. The van der Waals surface area contributed by atoms with E-state index in [1.807, 2.05) is 0 Å². The van der Waals surface area contributed by atoms with Crippen LogP contribution >= 0.6 is 0 Å². The minimum absolute atomic E-state index is 1.14. The third kappa shape index (κ3) is 4.10. The lowest BCUT2D eigenvalue weighted by Gasteiger charge is -2.08. The van der Waals surface area contributed by atoms with Crippen molar-refractivity contribution in [2.45, 2.75) is 33.1 Å². The minimum Gasteiger partial charge on any atom is -0.0622 e.